The molecule has 1 heterocycles. The topological polar surface area (TPSA) is 25.8 Å². The summed E-state index contributed by atoms with van der Waals surface area (Å²) in [6.07, 6.45) is 5.78. The zero-order valence-electron chi connectivity index (χ0n) is 5.42. The van der Waals surface area contributed by atoms with Crippen molar-refractivity contribution in [2.45, 2.75) is 18.8 Å². The van der Waals surface area contributed by atoms with Gasteiger partial charge in [-0.05, 0) is 18.8 Å². The van der Waals surface area contributed by atoms with Gasteiger partial charge >= 0.3 is 0 Å². The Morgan fingerprint density at radius 3 is 2.90 bits per heavy atom. The Balaban J connectivity index is 2.39. The molecule has 1 aromatic rings. The Bertz CT molecular complexity index is 245. The molecule has 0 N–H and O–H groups in total. The van der Waals surface area contributed by atoms with Crippen molar-refractivity contribution in [3.8, 4) is 0 Å². The average molecular weight is 155 g/mol. The van der Waals surface area contributed by atoms with E-state index in [0.717, 1.165) is 5.56 Å². The lowest BCUT2D eigenvalue weighted by Crippen LogP contribution is -1.86. The highest BCUT2D eigenvalue weighted by Crippen LogP contribution is 2.41. The van der Waals surface area contributed by atoms with E-state index in [1.54, 1.807) is 0 Å². The average Bonchev–Trinajstić information content (AvgIpc) is 2.71. The van der Waals surface area contributed by atoms with Gasteiger partial charge in [0.15, 0.2) is 0 Å². The molecule has 10 heavy (non-hydrogen) atoms. The summed E-state index contributed by atoms with van der Waals surface area (Å²) in [4.78, 5) is 7.81. The molecular formula is C7H7ClN2. The van der Waals surface area contributed by atoms with Gasteiger partial charge in [0.1, 0.15) is 11.5 Å². The SMILES string of the molecule is Clc1ncncc1C1CC1. The molecular weight excluding hydrogens is 148 g/mol. The van der Waals surface area contributed by atoms with Crippen LogP contribution < -0.4 is 0 Å². The third-order valence-corrected chi connectivity index (χ3v) is 2.02. The Kier molecular flexibility index (Phi) is 1.34. The highest BCUT2D eigenvalue weighted by Gasteiger charge is 2.26. The van der Waals surface area contributed by atoms with Gasteiger partial charge in [-0.1, -0.05) is 11.6 Å². The van der Waals surface area contributed by atoms with Crippen molar-refractivity contribution in [3.63, 3.8) is 0 Å². The number of halogens is 1. The fraction of sp³-hybridized carbons (Fsp3) is 0.429. The zero-order valence-corrected chi connectivity index (χ0v) is 6.17. The minimum atomic E-state index is 0.623. The van der Waals surface area contributed by atoms with Gasteiger partial charge in [0, 0.05) is 11.8 Å². The molecule has 1 fully saturated rings. The van der Waals surface area contributed by atoms with Crippen LogP contribution in [0.15, 0.2) is 12.5 Å². The van der Waals surface area contributed by atoms with Crippen molar-refractivity contribution in [1.29, 1.82) is 0 Å². The Morgan fingerprint density at radius 1 is 1.50 bits per heavy atom. The first-order valence-corrected chi connectivity index (χ1v) is 3.71. The fourth-order valence-electron chi connectivity index (χ4n) is 0.994. The Morgan fingerprint density at radius 2 is 2.30 bits per heavy atom. The van der Waals surface area contributed by atoms with Crippen molar-refractivity contribution >= 4 is 11.6 Å². The van der Waals surface area contributed by atoms with Gasteiger partial charge in [-0.15, -0.1) is 0 Å². The van der Waals surface area contributed by atoms with Gasteiger partial charge < -0.3 is 0 Å². The van der Waals surface area contributed by atoms with Crippen LogP contribution in [0.3, 0.4) is 0 Å². The molecule has 0 radical (unpaired) electrons. The monoisotopic (exact) mass is 154 g/mol. The largest absolute Gasteiger partial charge is 0.244 e. The molecule has 2 rings (SSSR count). The smallest absolute Gasteiger partial charge is 0.135 e. The van der Waals surface area contributed by atoms with Crippen molar-refractivity contribution in [2.24, 2.45) is 0 Å². The van der Waals surface area contributed by atoms with Crippen LogP contribution in [0.5, 0.6) is 0 Å². The van der Waals surface area contributed by atoms with Gasteiger partial charge in [0.05, 0.1) is 0 Å². The molecule has 0 atom stereocenters. The lowest BCUT2D eigenvalue weighted by atomic mass is 10.2. The standard InChI is InChI=1S/C7H7ClN2/c8-7-6(5-1-2-5)3-9-4-10-7/h3-5H,1-2H2. The molecule has 3 heteroatoms. The summed E-state index contributed by atoms with van der Waals surface area (Å²) in [5.74, 6) is 0.647. The third-order valence-electron chi connectivity index (χ3n) is 1.71. The molecule has 0 aromatic carbocycles. The molecule has 52 valence electrons. The number of rotatable bonds is 1. The van der Waals surface area contributed by atoms with Crippen LogP contribution in [-0.2, 0) is 0 Å². The Hall–Kier alpha value is -0.630. The van der Waals surface area contributed by atoms with Gasteiger partial charge in [-0.2, -0.15) is 0 Å². The molecule has 0 spiro atoms. The predicted molar refractivity (Wildman–Crippen MR) is 39.0 cm³/mol. The van der Waals surface area contributed by atoms with Crippen LogP contribution in [0, 0.1) is 0 Å². The second-order valence-corrected chi connectivity index (χ2v) is 2.90. The third kappa shape index (κ3) is 0.991. The predicted octanol–water partition coefficient (Wildman–Crippen LogP) is 2.01. The summed E-state index contributed by atoms with van der Waals surface area (Å²) in [6, 6.07) is 0. The van der Waals surface area contributed by atoms with E-state index < -0.39 is 0 Å². The first-order chi connectivity index (χ1) is 4.88. The molecule has 0 bridgehead atoms. The second kappa shape index (κ2) is 2.20. The summed E-state index contributed by atoms with van der Waals surface area (Å²) in [6.45, 7) is 0. The summed E-state index contributed by atoms with van der Waals surface area (Å²) in [5.41, 5.74) is 1.11. The van der Waals surface area contributed by atoms with Crippen LogP contribution in [-0.4, -0.2) is 9.97 Å². The maximum atomic E-state index is 5.81. The van der Waals surface area contributed by atoms with E-state index in [1.165, 1.54) is 19.2 Å². The minimum absolute atomic E-state index is 0.623. The van der Waals surface area contributed by atoms with Gasteiger partial charge in [0.2, 0.25) is 0 Å². The van der Waals surface area contributed by atoms with Crippen molar-refractivity contribution in [3.05, 3.63) is 23.2 Å². The lowest BCUT2D eigenvalue weighted by molar-refractivity contribution is 1.04. The van der Waals surface area contributed by atoms with E-state index >= 15 is 0 Å². The van der Waals surface area contributed by atoms with E-state index in [4.69, 9.17) is 11.6 Å². The highest BCUT2D eigenvalue weighted by molar-refractivity contribution is 6.30. The van der Waals surface area contributed by atoms with Crippen molar-refractivity contribution in [2.75, 3.05) is 0 Å². The Labute approximate surface area is 64.3 Å². The van der Waals surface area contributed by atoms with E-state index in [1.807, 2.05) is 6.20 Å². The van der Waals surface area contributed by atoms with Crippen molar-refractivity contribution < 1.29 is 0 Å². The maximum absolute atomic E-state index is 5.81. The molecule has 0 amide bonds. The number of aromatic nitrogens is 2. The van der Waals surface area contributed by atoms with Crippen LogP contribution >= 0.6 is 11.6 Å². The molecule has 1 aliphatic carbocycles. The lowest BCUT2D eigenvalue weighted by Gasteiger charge is -1.96. The first-order valence-electron chi connectivity index (χ1n) is 3.33. The quantitative estimate of drug-likeness (QED) is 0.579. The molecule has 1 aliphatic rings. The number of hydrogen-bond acceptors (Lipinski definition) is 2. The molecule has 1 aromatic heterocycles. The van der Waals surface area contributed by atoms with E-state index in [9.17, 15) is 0 Å². The van der Waals surface area contributed by atoms with E-state index in [2.05, 4.69) is 9.97 Å². The zero-order chi connectivity index (χ0) is 6.97. The minimum Gasteiger partial charge on any atom is -0.244 e. The number of nitrogens with zero attached hydrogens (tertiary/aromatic N) is 2. The molecule has 0 aliphatic heterocycles. The van der Waals surface area contributed by atoms with Crippen molar-refractivity contribution in [1.82, 2.24) is 9.97 Å². The first kappa shape index (κ1) is 6.10. The highest BCUT2D eigenvalue weighted by atomic mass is 35.5. The van der Waals surface area contributed by atoms with Crippen LogP contribution in [0.2, 0.25) is 5.15 Å². The van der Waals surface area contributed by atoms with Gasteiger partial charge in [0.25, 0.3) is 0 Å². The summed E-state index contributed by atoms with van der Waals surface area (Å²) >= 11 is 5.81. The maximum Gasteiger partial charge on any atom is 0.135 e. The molecule has 2 nitrogen and oxygen atoms in total. The normalized spacial score (nSPS) is 17.3. The molecule has 0 saturated heterocycles. The van der Waals surface area contributed by atoms with Crippen LogP contribution in [0.25, 0.3) is 0 Å². The van der Waals surface area contributed by atoms with Crippen LogP contribution in [0.4, 0.5) is 0 Å². The fourth-order valence-corrected chi connectivity index (χ4v) is 1.24. The van der Waals surface area contributed by atoms with E-state index in [0.29, 0.717) is 11.1 Å². The van der Waals surface area contributed by atoms with Gasteiger partial charge in [-0.25, -0.2) is 9.97 Å². The summed E-state index contributed by atoms with van der Waals surface area (Å²) in [5, 5.41) is 0.623. The molecule has 1 saturated carbocycles. The molecule has 0 unspecified atom stereocenters. The summed E-state index contributed by atoms with van der Waals surface area (Å²) < 4.78 is 0. The second-order valence-electron chi connectivity index (χ2n) is 2.54. The number of hydrogen-bond donors (Lipinski definition) is 0. The summed E-state index contributed by atoms with van der Waals surface area (Å²) in [7, 11) is 0. The van der Waals surface area contributed by atoms with Crippen LogP contribution in [0.1, 0.15) is 24.3 Å². The van der Waals surface area contributed by atoms with E-state index in [-0.39, 0.29) is 0 Å². The van der Waals surface area contributed by atoms with Gasteiger partial charge in [-0.3, -0.25) is 0 Å².